The van der Waals surface area contributed by atoms with Crippen LogP contribution in [0.5, 0.6) is 0 Å². The summed E-state index contributed by atoms with van der Waals surface area (Å²) >= 11 is 0. The van der Waals surface area contributed by atoms with E-state index < -0.39 is 0 Å². The molecular formula is C19H23N5O2+2. The molecule has 0 atom stereocenters. The molecule has 134 valence electrons. The van der Waals surface area contributed by atoms with Crippen LogP contribution < -0.4 is 10.2 Å². The van der Waals surface area contributed by atoms with Crippen LogP contribution in [0.15, 0.2) is 42.6 Å². The van der Waals surface area contributed by atoms with E-state index in [1.54, 1.807) is 12.1 Å². The number of aromatic nitrogens is 2. The second-order valence-electron chi connectivity index (χ2n) is 6.94. The molecule has 1 aliphatic heterocycles. The molecule has 3 N–H and O–H groups in total. The number of nitro groups is 1. The molecule has 1 aromatic carbocycles. The average Bonchev–Trinajstić information content (AvgIpc) is 3.00. The standard InChI is InChI=1S/C19H21N5O2/c1-14-5-6-18-21-19(15-3-2-4-16(11-15)24(25)26)17(23(18)12-14)13-22-9-7-20-8-10-22/h2-6,11-12,20H,7-10,13H2,1H3/p+2. The third-order valence-corrected chi connectivity index (χ3v) is 5.02. The van der Waals surface area contributed by atoms with E-state index in [0.29, 0.717) is 0 Å². The smallest absolute Gasteiger partial charge is 0.270 e. The Kier molecular flexibility index (Phi) is 4.40. The molecule has 2 aromatic heterocycles. The highest BCUT2D eigenvalue weighted by Crippen LogP contribution is 2.27. The number of pyridine rings is 1. The predicted molar refractivity (Wildman–Crippen MR) is 98.1 cm³/mol. The minimum absolute atomic E-state index is 0.0987. The van der Waals surface area contributed by atoms with Crippen molar-refractivity contribution in [3.8, 4) is 11.3 Å². The summed E-state index contributed by atoms with van der Waals surface area (Å²) in [4.78, 5) is 17.2. The maximum absolute atomic E-state index is 11.2. The molecule has 26 heavy (non-hydrogen) atoms. The summed E-state index contributed by atoms with van der Waals surface area (Å²) in [6, 6.07) is 10.8. The predicted octanol–water partition coefficient (Wildman–Crippen LogP) is 0.180. The lowest BCUT2D eigenvalue weighted by molar-refractivity contribution is -0.958. The van der Waals surface area contributed by atoms with Gasteiger partial charge in [0.2, 0.25) is 0 Å². The molecule has 0 radical (unpaired) electrons. The Hall–Kier alpha value is -2.77. The van der Waals surface area contributed by atoms with Gasteiger partial charge in [0.15, 0.2) is 0 Å². The molecule has 0 spiro atoms. The van der Waals surface area contributed by atoms with Crippen LogP contribution in [0, 0.1) is 17.0 Å². The van der Waals surface area contributed by atoms with E-state index in [-0.39, 0.29) is 10.6 Å². The van der Waals surface area contributed by atoms with Crippen LogP contribution in [0.1, 0.15) is 11.3 Å². The Labute approximate surface area is 151 Å². The molecule has 3 aromatic rings. The molecule has 4 rings (SSSR count). The third kappa shape index (κ3) is 3.18. The molecule has 0 amide bonds. The first-order valence-electron chi connectivity index (χ1n) is 8.99. The van der Waals surface area contributed by atoms with Gasteiger partial charge in [-0.25, -0.2) is 4.98 Å². The summed E-state index contributed by atoms with van der Waals surface area (Å²) in [7, 11) is 0. The number of nitrogens with two attached hydrogens (primary N) is 1. The molecule has 1 fully saturated rings. The highest BCUT2D eigenvalue weighted by atomic mass is 16.6. The number of nitrogens with one attached hydrogen (secondary N) is 1. The number of benzene rings is 1. The maximum Gasteiger partial charge on any atom is 0.270 e. The summed E-state index contributed by atoms with van der Waals surface area (Å²) in [6.45, 7) is 7.45. The first kappa shape index (κ1) is 16.7. The number of non-ortho nitro benzene ring substituents is 1. The van der Waals surface area contributed by atoms with Gasteiger partial charge >= 0.3 is 0 Å². The monoisotopic (exact) mass is 353 g/mol. The number of hydrogen-bond acceptors (Lipinski definition) is 3. The van der Waals surface area contributed by atoms with Crippen LogP contribution in [0.2, 0.25) is 0 Å². The van der Waals surface area contributed by atoms with Crippen LogP contribution >= 0.6 is 0 Å². The number of aryl methyl sites for hydroxylation is 1. The second kappa shape index (κ2) is 6.86. The molecule has 0 bridgehead atoms. The van der Waals surface area contributed by atoms with Crippen LogP contribution in [0.3, 0.4) is 0 Å². The van der Waals surface area contributed by atoms with E-state index in [9.17, 15) is 10.1 Å². The van der Waals surface area contributed by atoms with Gasteiger partial charge in [-0.1, -0.05) is 18.2 Å². The third-order valence-electron chi connectivity index (χ3n) is 5.02. The molecule has 1 saturated heterocycles. The van der Waals surface area contributed by atoms with Gasteiger partial charge in [-0.2, -0.15) is 0 Å². The van der Waals surface area contributed by atoms with E-state index in [1.165, 1.54) is 16.5 Å². The molecular weight excluding hydrogens is 330 g/mol. The Morgan fingerprint density at radius 2 is 2.08 bits per heavy atom. The van der Waals surface area contributed by atoms with Crippen LogP contribution in [0.25, 0.3) is 16.9 Å². The fourth-order valence-electron chi connectivity index (χ4n) is 3.66. The van der Waals surface area contributed by atoms with Crippen molar-refractivity contribution in [1.82, 2.24) is 9.38 Å². The zero-order chi connectivity index (χ0) is 18.1. The molecule has 0 saturated carbocycles. The fraction of sp³-hybridized carbons (Fsp3) is 0.316. The van der Waals surface area contributed by atoms with Gasteiger partial charge in [0, 0.05) is 23.9 Å². The van der Waals surface area contributed by atoms with Gasteiger partial charge in [-0.15, -0.1) is 0 Å². The summed E-state index contributed by atoms with van der Waals surface area (Å²) in [5.41, 5.74) is 4.93. The van der Waals surface area contributed by atoms with Crippen molar-refractivity contribution >= 4 is 11.3 Å². The maximum atomic E-state index is 11.2. The topological polar surface area (TPSA) is 81.5 Å². The zero-order valence-electron chi connectivity index (χ0n) is 14.8. The van der Waals surface area contributed by atoms with Crippen molar-refractivity contribution in [3.63, 3.8) is 0 Å². The Bertz CT molecular complexity index is 960. The quantitative estimate of drug-likeness (QED) is 0.519. The van der Waals surface area contributed by atoms with Crippen molar-refractivity contribution in [1.29, 1.82) is 0 Å². The Balaban J connectivity index is 1.83. The minimum Gasteiger partial charge on any atom is -0.337 e. The van der Waals surface area contributed by atoms with Crippen molar-refractivity contribution in [2.75, 3.05) is 26.2 Å². The first-order chi connectivity index (χ1) is 12.6. The van der Waals surface area contributed by atoms with Gasteiger partial charge in [0.25, 0.3) is 5.69 Å². The number of nitrogens with zero attached hydrogens (tertiary/aromatic N) is 3. The summed E-state index contributed by atoms with van der Waals surface area (Å²) in [5.74, 6) is 0. The highest BCUT2D eigenvalue weighted by molar-refractivity contribution is 5.68. The number of fused-ring (bicyclic) bond motifs is 1. The molecule has 1 aliphatic rings. The van der Waals surface area contributed by atoms with Crippen molar-refractivity contribution < 1.29 is 15.1 Å². The lowest BCUT2D eigenvalue weighted by atomic mass is 10.1. The molecule has 3 heterocycles. The molecule has 0 unspecified atom stereocenters. The number of piperazine rings is 1. The normalized spacial score (nSPS) is 15.4. The lowest BCUT2D eigenvalue weighted by Gasteiger charge is -2.22. The van der Waals surface area contributed by atoms with Gasteiger partial charge < -0.3 is 10.2 Å². The van der Waals surface area contributed by atoms with Crippen LogP contribution in [0.4, 0.5) is 5.69 Å². The van der Waals surface area contributed by atoms with Gasteiger partial charge in [-0.3, -0.25) is 14.5 Å². The lowest BCUT2D eigenvalue weighted by Crippen LogP contribution is -3.19. The van der Waals surface area contributed by atoms with E-state index >= 15 is 0 Å². The largest absolute Gasteiger partial charge is 0.337 e. The molecule has 7 heteroatoms. The fourth-order valence-corrected chi connectivity index (χ4v) is 3.66. The number of hydrogen-bond donors (Lipinski definition) is 2. The summed E-state index contributed by atoms with van der Waals surface area (Å²) in [6.07, 6.45) is 2.11. The van der Waals surface area contributed by atoms with Crippen molar-refractivity contribution in [2.45, 2.75) is 13.5 Å². The second-order valence-corrected chi connectivity index (χ2v) is 6.94. The summed E-state index contributed by atoms with van der Waals surface area (Å²) in [5, 5.41) is 13.5. The SMILES string of the molecule is Cc1ccc2nc(-c3cccc([N+](=O)[O-])c3)c(C[NH+]3CC[NH2+]CC3)n2c1. The number of quaternary nitrogens is 2. The van der Waals surface area contributed by atoms with Gasteiger partial charge in [0.1, 0.15) is 44.1 Å². The highest BCUT2D eigenvalue weighted by Gasteiger charge is 2.23. The van der Waals surface area contributed by atoms with Crippen LogP contribution in [-0.2, 0) is 6.54 Å². The zero-order valence-corrected chi connectivity index (χ0v) is 14.8. The average molecular weight is 353 g/mol. The van der Waals surface area contributed by atoms with E-state index in [0.717, 1.165) is 55.3 Å². The Morgan fingerprint density at radius 1 is 1.27 bits per heavy atom. The summed E-state index contributed by atoms with van der Waals surface area (Å²) < 4.78 is 2.15. The van der Waals surface area contributed by atoms with E-state index in [2.05, 4.69) is 22.8 Å². The molecule has 7 nitrogen and oxygen atoms in total. The van der Waals surface area contributed by atoms with Crippen LogP contribution in [-0.4, -0.2) is 40.5 Å². The van der Waals surface area contributed by atoms with Gasteiger partial charge in [0.05, 0.1) is 10.6 Å². The van der Waals surface area contributed by atoms with Crippen molar-refractivity contribution in [2.24, 2.45) is 0 Å². The van der Waals surface area contributed by atoms with Crippen molar-refractivity contribution in [3.05, 3.63) is 64.0 Å². The van der Waals surface area contributed by atoms with E-state index in [4.69, 9.17) is 4.98 Å². The first-order valence-corrected chi connectivity index (χ1v) is 8.99. The number of nitro benzene ring substituents is 1. The number of imidazole rings is 1. The Morgan fingerprint density at radius 3 is 2.85 bits per heavy atom. The van der Waals surface area contributed by atoms with E-state index in [1.807, 2.05) is 18.2 Å². The minimum atomic E-state index is -0.352. The molecule has 0 aliphatic carbocycles. The number of rotatable bonds is 4. The van der Waals surface area contributed by atoms with Gasteiger partial charge in [-0.05, 0) is 18.6 Å².